The van der Waals surface area contributed by atoms with Gasteiger partial charge >= 0.3 is 0 Å². The van der Waals surface area contributed by atoms with Crippen LogP contribution in [0, 0.1) is 11.6 Å². The van der Waals surface area contributed by atoms with Crippen LogP contribution in [0.3, 0.4) is 0 Å². The van der Waals surface area contributed by atoms with Crippen LogP contribution < -0.4 is 5.56 Å². The maximum Gasteiger partial charge on any atom is 0.290 e. The quantitative estimate of drug-likeness (QED) is 0.939. The van der Waals surface area contributed by atoms with Gasteiger partial charge in [0.05, 0.1) is 19.1 Å². The second-order valence-corrected chi connectivity index (χ2v) is 4.95. The van der Waals surface area contributed by atoms with Crippen LogP contribution in [0.4, 0.5) is 13.2 Å². The normalized spacial score (nSPS) is 11.7. The topological polar surface area (TPSA) is 68.0 Å². The van der Waals surface area contributed by atoms with E-state index in [-0.39, 0.29) is 12.1 Å². The van der Waals surface area contributed by atoms with E-state index in [1.165, 1.54) is 0 Å². The molecule has 5 nitrogen and oxygen atoms in total. The smallest absolute Gasteiger partial charge is 0.290 e. The number of hydrogen-bond acceptors (Lipinski definition) is 4. The van der Waals surface area contributed by atoms with Gasteiger partial charge in [-0.25, -0.2) is 18.7 Å². The highest BCUT2D eigenvalue weighted by Crippen LogP contribution is 2.23. The number of aromatic nitrogens is 3. The third-order valence-electron chi connectivity index (χ3n) is 2.80. The molecule has 0 unspecified atom stereocenters. The summed E-state index contributed by atoms with van der Waals surface area (Å²) in [6, 6.07) is 0.958. The second kappa shape index (κ2) is 5.19. The van der Waals surface area contributed by atoms with Crippen LogP contribution in [0.25, 0.3) is 0 Å². The number of alkyl halides is 1. The van der Waals surface area contributed by atoms with Gasteiger partial charge in [0, 0.05) is 5.56 Å². The first-order valence-electron chi connectivity index (χ1n) is 5.98. The predicted octanol–water partition coefficient (Wildman–Crippen LogP) is 1.88. The van der Waals surface area contributed by atoms with Gasteiger partial charge < -0.3 is 5.11 Å². The molecule has 2 rings (SSSR count). The van der Waals surface area contributed by atoms with Crippen molar-refractivity contribution in [2.45, 2.75) is 26.1 Å². The molecule has 2 heterocycles. The molecule has 0 fully saturated rings. The van der Waals surface area contributed by atoms with Gasteiger partial charge in [0.1, 0.15) is 17.2 Å². The molecule has 0 saturated heterocycles. The van der Waals surface area contributed by atoms with Gasteiger partial charge in [0.15, 0.2) is 0 Å². The maximum atomic E-state index is 13.9. The fourth-order valence-electron chi connectivity index (χ4n) is 1.76. The molecule has 2 aromatic heterocycles. The van der Waals surface area contributed by atoms with Crippen molar-refractivity contribution in [1.29, 1.82) is 0 Å². The van der Waals surface area contributed by atoms with Crippen LogP contribution >= 0.6 is 0 Å². The summed E-state index contributed by atoms with van der Waals surface area (Å²) < 4.78 is 41.4. The molecule has 0 radical (unpaired) electrons. The molecule has 2 aromatic rings. The van der Waals surface area contributed by atoms with Gasteiger partial charge in [0.2, 0.25) is 11.7 Å². The van der Waals surface area contributed by atoms with Crippen molar-refractivity contribution in [3.63, 3.8) is 0 Å². The molecule has 0 aliphatic carbocycles. The van der Waals surface area contributed by atoms with E-state index in [1.807, 2.05) is 0 Å². The molecule has 1 N–H and O–H groups in total. The van der Waals surface area contributed by atoms with Crippen LogP contribution in [-0.2, 0) is 12.2 Å². The standard InChI is InChI=1S/C13H12F3N3O2/c1-13(2,16)10-9(15)12(21)19(6-18-10)5-7-3-8(14)4-17-11(7)20/h3-4,6H,5H2,1-2H3,(H,17,20). The second-order valence-electron chi connectivity index (χ2n) is 4.95. The zero-order valence-corrected chi connectivity index (χ0v) is 11.3. The van der Waals surface area contributed by atoms with Crippen molar-refractivity contribution in [3.05, 3.63) is 51.8 Å². The van der Waals surface area contributed by atoms with Gasteiger partial charge in [-0.05, 0) is 19.9 Å². The van der Waals surface area contributed by atoms with E-state index < -0.39 is 34.4 Å². The van der Waals surface area contributed by atoms with E-state index in [2.05, 4.69) is 9.97 Å². The van der Waals surface area contributed by atoms with E-state index in [0.29, 0.717) is 0 Å². The number of aromatic hydroxyl groups is 1. The third-order valence-corrected chi connectivity index (χ3v) is 2.80. The molecule has 0 amide bonds. The van der Waals surface area contributed by atoms with Gasteiger partial charge in [-0.15, -0.1) is 0 Å². The van der Waals surface area contributed by atoms with Gasteiger partial charge in [0.25, 0.3) is 5.56 Å². The predicted molar refractivity (Wildman–Crippen MR) is 67.6 cm³/mol. The fourth-order valence-corrected chi connectivity index (χ4v) is 1.76. The lowest BCUT2D eigenvalue weighted by atomic mass is 10.1. The summed E-state index contributed by atoms with van der Waals surface area (Å²) in [6.45, 7) is 1.81. The van der Waals surface area contributed by atoms with Gasteiger partial charge in [-0.1, -0.05) is 0 Å². The first kappa shape index (κ1) is 15.0. The Hall–Kier alpha value is -2.38. The minimum atomic E-state index is -2.11. The monoisotopic (exact) mass is 299 g/mol. The Morgan fingerprint density at radius 2 is 2.00 bits per heavy atom. The molecule has 0 aliphatic rings. The van der Waals surface area contributed by atoms with E-state index in [1.54, 1.807) is 0 Å². The first-order chi connectivity index (χ1) is 9.70. The first-order valence-corrected chi connectivity index (χ1v) is 5.98. The van der Waals surface area contributed by atoms with E-state index in [9.17, 15) is 23.1 Å². The average Bonchev–Trinajstić information content (AvgIpc) is 2.38. The van der Waals surface area contributed by atoms with Crippen LogP contribution in [0.1, 0.15) is 25.1 Å². The summed E-state index contributed by atoms with van der Waals surface area (Å²) in [5.74, 6) is -2.53. The highest BCUT2D eigenvalue weighted by atomic mass is 19.1. The molecule has 0 atom stereocenters. The Balaban J connectivity index is 2.45. The van der Waals surface area contributed by atoms with Crippen molar-refractivity contribution >= 4 is 0 Å². The molecule has 0 saturated carbocycles. The molecule has 21 heavy (non-hydrogen) atoms. The van der Waals surface area contributed by atoms with Crippen molar-refractivity contribution in [3.8, 4) is 5.88 Å². The zero-order valence-electron chi connectivity index (χ0n) is 11.3. The van der Waals surface area contributed by atoms with E-state index in [4.69, 9.17) is 0 Å². The largest absolute Gasteiger partial charge is 0.493 e. The van der Waals surface area contributed by atoms with Crippen molar-refractivity contribution in [2.75, 3.05) is 0 Å². The Morgan fingerprint density at radius 3 is 2.62 bits per heavy atom. The SMILES string of the molecule is CC(C)(F)c1ncn(Cc2cc(F)cnc2O)c(=O)c1F. The molecule has 0 spiro atoms. The molecule has 0 aliphatic heterocycles. The number of rotatable bonds is 3. The van der Waals surface area contributed by atoms with Gasteiger partial charge in [-0.3, -0.25) is 9.36 Å². The Kier molecular flexibility index (Phi) is 3.71. The number of pyridine rings is 1. The third kappa shape index (κ3) is 3.04. The van der Waals surface area contributed by atoms with Crippen molar-refractivity contribution in [1.82, 2.24) is 14.5 Å². The lowest BCUT2D eigenvalue weighted by molar-refractivity contribution is 0.204. The number of hydrogen-bond donors (Lipinski definition) is 1. The van der Waals surface area contributed by atoms with Crippen LogP contribution in [0.5, 0.6) is 5.88 Å². The Morgan fingerprint density at radius 1 is 1.33 bits per heavy atom. The minimum Gasteiger partial charge on any atom is -0.493 e. The Labute approximate surface area is 117 Å². The maximum absolute atomic E-state index is 13.9. The summed E-state index contributed by atoms with van der Waals surface area (Å²) in [7, 11) is 0. The molecule has 0 bridgehead atoms. The van der Waals surface area contributed by atoms with Crippen molar-refractivity contribution < 1.29 is 18.3 Å². The number of halogens is 3. The summed E-state index contributed by atoms with van der Waals surface area (Å²) >= 11 is 0. The van der Waals surface area contributed by atoms with Crippen molar-refractivity contribution in [2.24, 2.45) is 0 Å². The lowest BCUT2D eigenvalue weighted by Crippen LogP contribution is -2.29. The van der Waals surface area contributed by atoms with Gasteiger partial charge in [-0.2, -0.15) is 4.39 Å². The number of nitrogens with zero attached hydrogens (tertiary/aromatic N) is 3. The molecule has 0 aromatic carbocycles. The summed E-state index contributed by atoms with van der Waals surface area (Å²) in [5.41, 5.74) is -3.85. The van der Waals surface area contributed by atoms with Crippen LogP contribution in [0.15, 0.2) is 23.4 Å². The molecular weight excluding hydrogens is 287 g/mol. The lowest BCUT2D eigenvalue weighted by Gasteiger charge is -2.15. The molecule has 8 heteroatoms. The van der Waals surface area contributed by atoms with E-state index in [0.717, 1.165) is 37.0 Å². The van der Waals surface area contributed by atoms with E-state index >= 15 is 0 Å². The summed E-state index contributed by atoms with van der Waals surface area (Å²) in [6.07, 6.45) is 1.74. The van der Waals surface area contributed by atoms with Crippen LogP contribution in [-0.4, -0.2) is 19.6 Å². The molecule has 112 valence electrons. The highest BCUT2D eigenvalue weighted by Gasteiger charge is 2.27. The zero-order chi connectivity index (χ0) is 15.8. The molecular formula is C13H12F3N3O2. The Bertz CT molecular complexity index is 738. The highest BCUT2D eigenvalue weighted by molar-refractivity contribution is 5.25. The minimum absolute atomic E-state index is 0.0226. The summed E-state index contributed by atoms with van der Waals surface area (Å²) in [5, 5.41) is 9.47. The van der Waals surface area contributed by atoms with Crippen LogP contribution in [0.2, 0.25) is 0 Å². The fraction of sp³-hybridized carbons (Fsp3) is 0.308. The average molecular weight is 299 g/mol. The summed E-state index contributed by atoms with van der Waals surface area (Å²) in [4.78, 5) is 18.8.